The number of nitrogens with one attached hydrogen (secondary N) is 2. The van der Waals surface area contributed by atoms with Gasteiger partial charge in [0.2, 0.25) is 11.8 Å². The maximum Gasteiger partial charge on any atom is 0.337 e. The number of amides is 2. The van der Waals surface area contributed by atoms with Crippen LogP contribution in [0.25, 0.3) is 0 Å². The lowest BCUT2D eigenvalue weighted by Gasteiger charge is -2.08. The molecule has 0 radical (unpaired) electrons. The molecule has 0 aliphatic heterocycles. The summed E-state index contributed by atoms with van der Waals surface area (Å²) in [6.07, 6.45) is 1.23. The number of esters is 1. The highest BCUT2D eigenvalue weighted by molar-refractivity contribution is 5.99. The van der Waals surface area contributed by atoms with Crippen LogP contribution in [-0.2, 0) is 20.7 Å². The van der Waals surface area contributed by atoms with Gasteiger partial charge in [0.1, 0.15) is 5.75 Å². The van der Waals surface area contributed by atoms with Crippen LogP contribution in [-0.4, -0.2) is 38.5 Å². The van der Waals surface area contributed by atoms with E-state index in [2.05, 4.69) is 15.4 Å². The summed E-state index contributed by atoms with van der Waals surface area (Å²) >= 11 is 0. The van der Waals surface area contributed by atoms with E-state index in [1.807, 2.05) is 24.3 Å². The molecule has 2 aromatic rings. The van der Waals surface area contributed by atoms with Crippen molar-refractivity contribution in [2.24, 2.45) is 11.8 Å². The first kappa shape index (κ1) is 20.4. The van der Waals surface area contributed by atoms with Gasteiger partial charge in [-0.15, -0.1) is 0 Å². The molecule has 0 aromatic heterocycles. The van der Waals surface area contributed by atoms with Crippen LogP contribution >= 0.6 is 0 Å². The average molecular weight is 396 g/mol. The number of rotatable bonds is 8. The Balaban J connectivity index is 1.43. The maximum atomic E-state index is 12.3. The third kappa shape index (κ3) is 5.34. The lowest BCUT2D eigenvalue weighted by molar-refractivity contribution is -0.125. The Bertz CT molecular complexity index is 894. The van der Waals surface area contributed by atoms with Gasteiger partial charge in [0, 0.05) is 12.2 Å². The van der Waals surface area contributed by atoms with E-state index >= 15 is 0 Å². The zero-order valence-electron chi connectivity index (χ0n) is 16.4. The minimum Gasteiger partial charge on any atom is -0.497 e. The molecule has 7 nitrogen and oxygen atoms in total. The molecule has 2 atom stereocenters. The zero-order valence-corrected chi connectivity index (χ0v) is 16.4. The number of anilines is 1. The molecule has 1 fully saturated rings. The summed E-state index contributed by atoms with van der Waals surface area (Å²) in [4.78, 5) is 36.0. The third-order valence-electron chi connectivity index (χ3n) is 4.88. The molecule has 152 valence electrons. The van der Waals surface area contributed by atoms with Gasteiger partial charge in [0.15, 0.2) is 0 Å². The average Bonchev–Trinajstić information content (AvgIpc) is 3.55. The Morgan fingerprint density at radius 2 is 1.72 bits per heavy atom. The van der Waals surface area contributed by atoms with Crippen LogP contribution in [0.1, 0.15) is 22.3 Å². The largest absolute Gasteiger partial charge is 0.497 e. The molecule has 29 heavy (non-hydrogen) atoms. The number of hydrogen-bond donors (Lipinski definition) is 2. The second-order valence-corrected chi connectivity index (χ2v) is 6.90. The lowest BCUT2D eigenvalue weighted by atomic mass is 10.1. The van der Waals surface area contributed by atoms with E-state index in [0.29, 0.717) is 30.6 Å². The Morgan fingerprint density at radius 3 is 2.41 bits per heavy atom. The zero-order chi connectivity index (χ0) is 20.8. The smallest absolute Gasteiger partial charge is 0.337 e. The number of carbonyl (C=O) groups excluding carboxylic acids is 3. The molecule has 2 N–H and O–H groups in total. The monoisotopic (exact) mass is 396 g/mol. The molecule has 2 unspecified atom stereocenters. The molecule has 2 amide bonds. The lowest BCUT2D eigenvalue weighted by Crippen LogP contribution is -2.29. The highest BCUT2D eigenvalue weighted by Crippen LogP contribution is 2.39. The van der Waals surface area contributed by atoms with E-state index in [1.54, 1.807) is 31.4 Å². The van der Waals surface area contributed by atoms with Crippen LogP contribution < -0.4 is 15.4 Å². The van der Waals surface area contributed by atoms with Crippen molar-refractivity contribution in [2.45, 2.75) is 12.8 Å². The predicted octanol–water partition coefficient (Wildman–Crippen LogP) is 2.42. The maximum absolute atomic E-state index is 12.3. The van der Waals surface area contributed by atoms with Crippen LogP contribution in [0.5, 0.6) is 5.75 Å². The molecule has 2 aromatic carbocycles. The van der Waals surface area contributed by atoms with Gasteiger partial charge in [-0.25, -0.2) is 4.79 Å². The van der Waals surface area contributed by atoms with Gasteiger partial charge < -0.3 is 20.1 Å². The van der Waals surface area contributed by atoms with E-state index in [9.17, 15) is 14.4 Å². The fourth-order valence-electron chi connectivity index (χ4n) is 3.11. The Morgan fingerprint density at radius 1 is 1.00 bits per heavy atom. The quantitative estimate of drug-likeness (QED) is 0.669. The van der Waals surface area contributed by atoms with Crippen molar-refractivity contribution < 1.29 is 23.9 Å². The summed E-state index contributed by atoms with van der Waals surface area (Å²) in [5.41, 5.74) is 2.06. The van der Waals surface area contributed by atoms with Crippen molar-refractivity contribution in [2.75, 3.05) is 26.1 Å². The summed E-state index contributed by atoms with van der Waals surface area (Å²) in [6, 6.07) is 14.1. The Kier molecular flexibility index (Phi) is 6.49. The minimum atomic E-state index is -0.434. The van der Waals surface area contributed by atoms with E-state index < -0.39 is 5.97 Å². The third-order valence-corrected chi connectivity index (χ3v) is 4.88. The summed E-state index contributed by atoms with van der Waals surface area (Å²) in [5, 5.41) is 5.68. The van der Waals surface area contributed by atoms with Crippen molar-refractivity contribution in [1.82, 2.24) is 5.32 Å². The van der Waals surface area contributed by atoms with E-state index in [-0.39, 0.29) is 23.7 Å². The molecular weight excluding hydrogens is 372 g/mol. The van der Waals surface area contributed by atoms with Crippen molar-refractivity contribution in [3.8, 4) is 5.75 Å². The summed E-state index contributed by atoms with van der Waals surface area (Å²) in [6.45, 7) is 0.506. The van der Waals surface area contributed by atoms with Gasteiger partial charge in [0.25, 0.3) is 0 Å². The van der Waals surface area contributed by atoms with Gasteiger partial charge in [-0.05, 0) is 54.8 Å². The Labute approximate surface area is 169 Å². The molecule has 7 heteroatoms. The van der Waals surface area contributed by atoms with Crippen LogP contribution in [0.2, 0.25) is 0 Å². The fraction of sp³-hybridized carbons (Fsp3) is 0.318. The molecule has 0 saturated heterocycles. The SMILES string of the molecule is COC(=O)c1ccc(NC(=O)C2CC2C(=O)NCCc2cccc(OC)c2)cc1. The highest BCUT2D eigenvalue weighted by atomic mass is 16.5. The summed E-state index contributed by atoms with van der Waals surface area (Å²) in [7, 11) is 2.93. The van der Waals surface area contributed by atoms with Crippen molar-refractivity contribution >= 4 is 23.5 Å². The first-order valence-corrected chi connectivity index (χ1v) is 9.41. The van der Waals surface area contributed by atoms with Crippen LogP contribution in [0, 0.1) is 11.8 Å². The molecule has 0 heterocycles. The second-order valence-electron chi connectivity index (χ2n) is 6.90. The number of benzene rings is 2. The highest BCUT2D eigenvalue weighted by Gasteiger charge is 2.47. The van der Waals surface area contributed by atoms with Gasteiger partial charge in [-0.2, -0.15) is 0 Å². The van der Waals surface area contributed by atoms with Gasteiger partial charge in [-0.1, -0.05) is 12.1 Å². The van der Waals surface area contributed by atoms with Gasteiger partial charge in [0.05, 0.1) is 31.6 Å². The molecule has 0 spiro atoms. The van der Waals surface area contributed by atoms with Gasteiger partial charge in [-0.3, -0.25) is 9.59 Å². The van der Waals surface area contributed by atoms with Crippen molar-refractivity contribution in [3.05, 3.63) is 59.7 Å². The summed E-state index contributed by atoms with van der Waals surface area (Å²) in [5.74, 6) is -0.567. The summed E-state index contributed by atoms with van der Waals surface area (Å²) < 4.78 is 9.83. The topological polar surface area (TPSA) is 93.7 Å². The van der Waals surface area contributed by atoms with Gasteiger partial charge >= 0.3 is 5.97 Å². The minimum absolute atomic E-state index is 0.103. The number of methoxy groups -OCH3 is 2. The molecular formula is C22H24N2O5. The van der Waals surface area contributed by atoms with E-state index in [4.69, 9.17) is 4.74 Å². The predicted molar refractivity (Wildman–Crippen MR) is 108 cm³/mol. The van der Waals surface area contributed by atoms with Crippen LogP contribution in [0.3, 0.4) is 0 Å². The Hall–Kier alpha value is -3.35. The molecule has 3 rings (SSSR count). The van der Waals surface area contributed by atoms with Crippen molar-refractivity contribution in [1.29, 1.82) is 0 Å². The number of hydrogen-bond acceptors (Lipinski definition) is 5. The molecule has 1 saturated carbocycles. The number of ether oxygens (including phenoxy) is 2. The van der Waals surface area contributed by atoms with Crippen LogP contribution in [0.4, 0.5) is 5.69 Å². The fourth-order valence-corrected chi connectivity index (χ4v) is 3.11. The molecule has 0 bridgehead atoms. The van der Waals surface area contributed by atoms with Crippen LogP contribution in [0.15, 0.2) is 48.5 Å². The number of carbonyl (C=O) groups is 3. The normalized spacial score (nSPS) is 17.2. The molecule has 1 aliphatic carbocycles. The van der Waals surface area contributed by atoms with E-state index in [0.717, 1.165) is 11.3 Å². The first-order chi connectivity index (χ1) is 14.0. The second kappa shape index (κ2) is 9.23. The van der Waals surface area contributed by atoms with E-state index in [1.165, 1.54) is 7.11 Å². The first-order valence-electron chi connectivity index (χ1n) is 9.41. The standard InChI is InChI=1S/C22H24N2O5/c1-28-17-5-3-4-14(12-17)10-11-23-20(25)18-13-19(18)21(26)24-16-8-6-15(7-9-16)22(27)29-2/h3-9,12,18-19H,10-11,13H2,1-2H3,(H,23,25)(H,24,26). The van der Waals surface area contributed by atoms with Crippen molar-refractivity contribution in [3.63, 3.8) is 0 Å². The molecule has 1 aliphatic rings.